The van der Waals surface area contributed by atoms with Gasteiger partial charge in [-0.1, -0.05) is 15.9 Å². The molecule has 1 aromatic carbocycles. The number of carbonyl (C=O) groups excluding carboxylic acids is 1. The Kier molecular flexibility index (Phi) is 3.38. The number of ketones is 1. The first-order valence-corrected chi connectivity index (χ1v) is 4.89. The number of nitriles is 1. The lowest BCUT2D eigenvalue weighted by Crippen LogP contribution is -2.11. The minimum absolute atomic E-state index is 0.185. The van der Waals surface area contributed by atoms with Crippen LogP contribution < -0.4 is 0 Å². The van der Waals surface area contributed by atoms with Crippen LogP contribution >= 0.6 is 15.9 Å². The number of hydrogen-bond donors (Lipinski definition) is 0. The second-order valence-corrected chi connectivity index (χ2v) is 3.87. The zero-order valence-corrected chi connectivity index (χ0v) is 9.61. The lowest BCUT2D eigenvalue weighted by molar-refractivity contribution is -0.137. The SMILES string of the molecule is CC(=O)c1c(Br)ccc(C(F)(F)F)c1C#N. The Hall–Kier alpha value is -1.35. The van der Waals surface area contributed by atoms with Crippen molar-refractivity contribution in [2.75, 3.05) is 0 Å². The number of rotatable bonds is 1. The third-order valence-electron chi connectivity index (χ3n) is 1.92. The summed E-state index contributed by atoms with van der Waals surface area (Å²) in [6.07, 6.45) is -4.64. The van der Waals surface area contributed by atoms with Gasteiger partial charge in [-0.15, -0.1) is 0 Å². The van der Waals surface area contributed by atoms with Crippen molar-refractivity contribution in [3.05, 3.63) is 33.3 Å². The maximum atomic E-state index is 12.5. The van der Waals surface area contributed by atoms with Crippen LogP contribution in [0.25, 0.3) is 0 Å². The van der Waals surface area contributed by atoms with E-state index in [2.05, 4.69) is 15.9 Å². The summed E-state index contributed by atoms with van der Waals surface area (Å²) in [5.74, 6) is -0.588. The molecule has 1 aromatic rings. The Balaban J connectivity index is 3.64. The third kappa shape index (κ3) is 2.25. The molecule has 0 N–H and O–H groups in total. The van der Waals surface area contributed by atoms with E-state index in [-0.39, 0.29) is 10.0 Å². The van der Waals surface area contributed by atoms with Gasteiger partial charge in [-0.2, -0.15) is 18.4 Å². The number of benzene rings is 1. The summed E-state index contributed by atoms with van der Waals surface area (Å²) >= 11 is 2.95. The highest BCUT2D eigenvalue weighted by Crippen LogP contribution is 2.35. The highest BCUT2D eigenvalue weighted by Gasteiger charge is 2.35. The van der Waals surface area contributed by atoms with E-state index < -0.39 is 23.1 Å². The fraction of sp³-hybridized carbons (Fsp3) is 0.200. The van der Waals surface area contributed by atoms with Crippen molar-refractivity contribution in [2.45, 2.75) is 13.1 Å². The van der Waals surface area contributed by atoms with Crippen LogP contribution in [0.2, 0.25) is 0 Å². The van der Waals surface area contributed by atoms with Crippen molar-refractivity contribution in [3.8, 4) is 6.07 Å². The molecule has 0 aliphatic carbocycles. The van der Waals surface area contributed by atoms with Crippen LogP contribution in [0.3, 0.4) is 0 Å². The normalized spacial score (nSPS) is 11.0. The summed E-state index contributed by atoms with van der Waals surface area (Å²) in [6, 6.07) is 3.31. The first kappa shape index (κ1) is 12.7. The van der Waals surface area contributed by atoms with Crippen molar-refractivity contribution >= 4 is 21.7 Å². The number of nitrogens with zero attached hydrogens (tertiary/aromatic N) is 1. The average Bonchev–Trinajstić information content (AvgIpc) is 2.14. The predicted molar refractivity (Wildman–Crippen MR) is 53.9 cm³/mol. The molecule has 0 saturated carbocycles. The molecular formula is C10H5BrF3NO. The van der Waals surface area contributed by atoms with Gasteiger partial charge < -0.3 is 0 Å². The first-order valence-electron chi connectivity index (χ1n) is 4.09. The van der Waals surface area contributed by atoms with E-state index >= 15 is 0 Å². The van der Waals surface area contributed by atoms with E-state index in [4.69, 9.17) is 5.26 Å². The van der Waals surface area contributed by atoms with Gasteiger partial charge in [0.05, 0.1) is 11.1 Å². The number of halogens is 4. The Labute approximate surface area is 97.8 Å². The topological polar surface area (TPSA) is 40.9 Å². The maximum absolute atomic E-state index is 12.5. The molecule has 0 amide bonds. The molecule has 0 aliphatic heterocycles. The molecule has 0 atom stereocenters. The minimum atomic E-state index is -4.64. The Bertz CT molecular complexity index is 488. The Morgan fingerprint density at radius 3 is 2.38 bits per heavy atom. The molecule has 6 heteroatoms. The molecule has 0 unspecified atom stereocenters. The molecule has 0 aliphatic rings. The van der Waals surface area contributed by atoms with E-state index in [0.717, 1.165) is 19.1 Å². The molecule has 16 heavy (non-hydrogen) atoms. The van der Waals surface area contributed by atoms with Gasteiger partial charge >= 0.3 is 6.18 Å². The van der Waals surface area contributed by atoms with Crippen molar-refractivity contribution in [1.82, 2.24) is 0 Å². The van der Waals surface area contributed by atoms with E-state index in [9.17, 15) is 18.0 Å². The van der Waals surface area contributed by atoms with Crippen molar-refractivity contribution in [1.29, 1.82) is 5.26 Å². The molecule has 0 spiro atoms. The number of carbonyl (C=O) groups is 1. The highest BCUT2D eigenvalue weighted by atomic mass is 79.9. The molecule has 84 valence electrons. The van der Waals surface area contributed by atoms with Gasteiger partial charge in [0.25, 0.3) is 0 Å². The minimum Gasteiger partial charge on any atom is -0.294 e. The molecular weight excluding hydrogens is 287 g/mol. The van der Waals surface area contributed by atoms with Crippen LogP contribution in [0.15, 0.2) is 16.6 Å². The van der Waals surface area contributed by atoms with Gasteiger partial charge in [-0.3, -0.25) is 4.79 Å². The van der Waals surface area contributed by atoms with Gasteiger partial charge in [0.2, 0.25) is 0 Å². The fourth-order valence-electron chi connectivity index (χ4n) is 1.27. The fourth-order valence-corrected chi connectivity index (χ4v) is 1.88. The molecule has 1 rings (SSSR count). The van der Waals surface area contributed by atoms with Gasteiger partial charge in [-0.05, 0) is 19.1 Å². The maximum Gasteiger partial charge on any atom is 0.417 e. The largest absolute Gasteiger partial charge is 0.417 e. The summed E-state index contributed by atoms with van der Waals surface area (Å²) in [5, 5.41) is 8.71. The number of alkyl halides is 3. The van der Waals surface area contributed by atoms with Crippen LogP contribution in [0.5, 0.6) is 0 Å². The summed E-state index contributed by atoms with van der Waals surface area (Å²) in [6.45, 7) is 1.11. The molecule has 0 bridgehead atoms. The van der Waals surface area contributed by atoms with Gasteiger partial charge in [0.15, 0.2) is 5.78 Å². The van der Waals surface area contributed by atoms with E-state index in [1.807, 2.05) is 0 Å². The van der Waals surface area contributed by atoms with Gasteiger partial charge in [0.1, 0.15) is 6.07 Å². The van der Waals surface area contributed by atoms with E-state index in [1.54, 1.807) is 0 Å². The van der Waals surface area contributed by atoms with Crippen molar-refractivity contribution in [3.63, 3.8) is 0 Å². The average molecular weight is 292 g/mol. The van der Waals surface area contributed by atoms with Crippen LogP contribution in [-0.2, 0) is 6.18 Å². The third-order valence-corrected chi connectivity index (χ3v) is 2.58. The monoisotopic (exact) mass is 291 g/mol. The summed E-state index contributed by atoms with van der Waals surface area (Å²) < 4.78 is 37.8. The quantitative estimate of drug-likeness (QED) is 0.743. The highest BCUT2D eigenvalue weighted by molar-refractivity contribution is 9.10. The van der Waals surface area contributed by atoms with Crippen LogP contribution in [0.4, 0.5) is 13.2 Å². The zero-order valence-electron chi connectivity index (χ0n) is 8.02. The summed E-state index contributed by atoms with van der Waals surface area (Å²) in [4.78, 5) is 11.2. The zero-order chi connectivity index (χ0) is 12.5. The van der Waals surface area contributed by atoms with E-state index in [0.29, 0.717) is 0 Å². The Morgan fingerprint density at radius 2 is 2.00 bits per heavy atom. The molecule has 0 heterocycles. The standard InChI is InChI=1S/C10H5BrF3NO/c1-5(16)9-6(4-15)7(10(12,13)14)2-3-8(9)11/h2-3H,1H3. The summed E-state index contributed by atoms with van der Waals surface area (Å²) in [7, 11) is 0. The number of Topliss-reactive ketones (excluding diaryl/α,β-unsaturated/α-hetero) is 1. The van der Waals surface area contributed by atoms with Crippen molar-refractivity contribution < 1.29 is 18.0 Å². The Morgan fingerprint density at radius 1 is 1.44 bits per heavy atom. The van der Waals surface area contributed by atoms with Crippen LogP contribution in [-0.4, -0.2) is 5.78 Å². The van der Waals surface area contributed by atoms with Crippen LogP contribution in [0, 0.1) is 11.3 Å². The van der Waals surface area contributed by atoms with Crippen molar-refractivity contribution in [2.24, 2.45) is 0 Å². The molecule has 0 aromatic heterocycles. The summed E-state index contributed by atoms with van der Waals surface area (Å²) in [5.41, 5.74) is -1.98. The van der Waals surface area contributed by atoms with E-state index in [1.165, 1.54) is 6.07 Å². The predicted octanol–water partition coefficient (Wildman–Crippen LogP) is 3.54. The lowest BCUT2D eigenvalue weighted by atomic mass is 9.99. The first-order chi connectivity index (χ1) is 7.29. The molecule has 0 saturated heterocycles. The number of hydrogen-bond acceptors (Lipinski definition) is 2. The smallest absolute Gasteiger partial charge is 0.294 e. The second-order valence-electron chi connectivity index (χ2n) is 3.01. The van der Waals surface area contributed by atoms with Gasteiger partial charge in [0, 0.05) is 10.0 Å². The lowest BCUT2D eigenvalue weighted by Gasteiger charge is -2.11. The molecule has 0 radical (unpaired) electrons. The molecule has 0 fully saturated rings. The molecule has 2 nitrogen and oxygen atoms in total. The van der Waals surface area contributed by atoms with Gasteiger partial charge in [-0.25, -0.2) is 0 Å². The second kappa shape index (κ2) is 4.26. The van der Waals surface area contributed by atoms with Crippen LogP contribution in [0.1, 0.15) is 28.4 Å².